The Morgan fingerprint density at radius 2 is 1.90 bits per heavy atom. The number of hydrogen-bond acceptors (Lipinski definition) is 4. The lowest BCUT2D eigenvalue weighted by Crippen LogP contribution is -2.29. The summed E-state index contributed by atoms with van der Waals surface area (Å²) in [4.78, 5) is 27.8. The van der Waals surface area contributed by atoms with E-state index in [1.54, 1.807) is 16.2 Å². The lowest BCUT2D eigenvalue weighted by molar-refractivity contribution is -0.141. The Balaban J connectivity index is 1.74. The van der Waals surface area contributed by atoms with Crippen molar-refractivity contribution in [1.82, 2.24) is 4.90 Å². The number of amides is 1. The van der Waals surface area contributed by atoms with Crippen molar-refractivity contribution in [2.45, 2.75) is 6.42 Å². The molecule has 0 radical (unpaired) electrons. The summed E-state index contributed by atoms with van der Waals surface area (Å²) in [6.07, 6.45) is 0.539. The van der Waals surface area contributed by atoms with E-state index < -0.39 is 11.9 Å². The number of aliphatic carboxylic acids is 1. The van der Waals surface area contributed by atoms with Crippen LogP contribution in [0, 0.1) is 5.92 Å². The van der Waals surface area contributed by atoms with Gasteiger partial charge in [-0.2, -0.15) is 0 Å². The van der Waals surface area contributed by atoms with Crippen LogP contribution in [-0.4, -0.2) is 35.0 Å². The molecule has 3 rings (SSSR count). The Morgan fingerprint density at radius 3 is 2.52 bits per heavy atom. The normalized spacial score (nSPS) is 18.1. The molecule has 2 aromatic heterocycles. The van der Waals surface area contributed by atoms with Crippen LogP contribution in [0.15, 0.2) is 28.1 Å². The maximum atomic E-state index is 12.4. The molecule has 1 aliphatic heterocycles. The van der Waals surface area contributed by atoms with Crippen molar-refractivity contribution in [3.05, 3.63) is 32.9 Å². The molecule has 1 aliphatic rings. The fourth-order valence-corrected chi connectivity index (χ4v) is 4.78. The van der Waals surface area contributed by atoms with E-state index in [9.17, 15) is 9.59 Å². The summed E-state index contributed by atoms with van der Waals surface area (Å²) < 4.78 is 1.06. The van der Waals surface area contributed by atoms with Gasteiger partial charge in [-0.25, -0.2) is 0 Å². The summed E-state index contributed by atoms with van der Waals surface area (Å²) in [5.74, 6) is -1.31. The van der Waals surface area contributed by atoms with Gasteiger partial charge < -0.3 is 10.0 Å². The van der Waals surface area contributed by atoms with E-state index >= 15 is 0 Å². The van der Waals surface area contributed by atoms with E-state index in [4.69, 9.17) is 5.11 Å². The third-order valence-electron chi connectivity index (χ3n) is 3.46. The van der Waals surface area contributed by atoms with Gasteiger partial charge in [0.2, 0.25) is 0 Å². The van der Waals surface area contributed by atoms with Crippen molar-refractivity contribution in [2.24, 2.45) is 5.92 Å². The third kappa shape index (κ3) is 3.04. The Morgan fingerprint density at radius 1 is 1.19 bits per heavy atom. The molecule has 0 aliphatic carbocycles. The van der Waals surface area contributed by atoms with Crippen molar-refractivity contribution in [3.63, 3.8) is 0 Å². The van der Waals surface area contributed by atoms with Crippen molar-refractivity contribution in [1.29, 1.82) is 0 Å². The quantitative estimate of drug-likeness (QED) is 0.874. The first-order valence-corrected chi connectivity index (χ1v) is 8.85. The van der Waals surface area contributed by atoms with Crippen molar-refractivity contribution < 1.29 is 14.7 Å². The van der Waals surface area contributed by atoms with Gasteiger partial charge in [0.15, 0.2) is 0 Å². The first-order valence-electron chi connectivity index (χ1n) is 6.42. The minimum Gasteiger partial charge on any atom is -0.481 e. The molecular formula is C14H12BrNO3S2. The number of carbonyl (C=O) groups is 2. The fraction of sp³-hybridized carbons (Fsp3) is 0.286. The molecule has 0 bridgehead atoms. The summed E-state index contributed by atoms with van der Waals surface area (Å²) in [5.41, 5.74) is 0. The second-order valence-electron chi connectivity index (χ2n) is 4.84. The predicted molar refractivity (Wildman–Crippen MR) is 87.0 cm³/mol. The molecule has 3 heterocycles. The van der Waals surface area contributed by atoms with Crippen molar-refractivity contribution in [3.8, 4) is 9.75 Å². The maximum Gasteiger partial charge on any atom is 0.308 e. The minimum absolute atomic E-state index is 0.0642. The molecule has 4 nitrogen and oxygen atoms in total. The van der Waals surface area contributed by atoms with Gasteiger partial charge in [0.25, 0.3) is 5.91 Å². The number of likely N-dealkylation sites (tertiary alicyclic amines) is 1. The van der Waals surface area contributed by atoms with Gasteiger partial charge in [-0.1, -0.05) is 0 Å². The largest absolute Gasteiger partial charge is 0.481 e. The van der Waals surface area contributed by atoms with E-state index in [0.717, 1.165) is 13.5 Å². The molecule has 0 aromatic carbocycles. The van der Waals surface area contributed by atoms with Crippen LogP contribution in [-0.2, 0) is 4.79 Å². The number of halogens is 1. The van der Waals surface area contributed by atoms with Gasteiger partial charge in [0, 0.05) is 22.8 Å². The molecule has 1 unspecified atom stereocenters. The molecule has 1 amide bonds. The summed E-state index contributed by atoms with van der Waals surface area (Å²) in [6, 6.07) is 7.77. The zero-order valence-electron chi connectivity index (χ0n) is 10.9. The van der Waals surface area contributed by atoms with Crippen LogP contribution in [0.2, 0.25) is 0 Å². The van der Waals surface area contributed by atoms with Crippen molar-refractivity contribution in [2.75, 3.05) is 13.1 Å². The highest BCUT2D eigenvalue weighted by molar-refractivity contribution is 9.11. The van der Waals surface area contributed by atoms with E-state index in [1.165, 1.54) is 11.3 Å². The standard InChI is InChI=1S/C14H12BrNO3S2/c15-12-4-3-10(21-12)9-1-2-11(20-9)13(17)16-6-5-8(7-16)14(18)19/h1-4,8H,5-7H2,(H,18,19). The summed E-state index contributed by atoms with van der Waals surface area (Å²) in [7, 11) is 0. The predicted octanol–water partition coefficient (Wildman–Crippen LogP) is 3.79. The molecule has 2 aromatic rings. The first-order chi connectivity index (χ1) is 10.0. The molecule has 21 heavy (non-hydrogen) atoms. The zero-order chi connectivity index (χ0) is 15.0. The zero-order valence-corrected chi connectivity index (χ0v) is 14.1. The monoisotopic (exact) mass is 385 g/mol. The molecule has 0 saturated carbocycles. The molecule has 1 fully saturated rings. The Hall–Kier alpha value is -1.18. The maximum absolute atomic E-state index is 12.4. The van der Waals surface area contributed by atoms with Gasteiger partial charge in [-0.3, -0.25) is 9.59 Å². The number of carboxylic acid groups (broad SMARTS) is 1. The molecular weight excluding hydrogens is 374 g/mol. The second-order valence-corrected chi connectivity index (χ2v) is 8.39. The summed E-state index contributed by atoms with van der Waals surface area (Å²) in [5, 5.41) is 9.00. The SMILES string of the molecule is O=C(O)C1CCN(C(=O)c2ccc(-c3ccc(Br)s3)s2)C1. The highest BCUT2D eigenvalue weighted by atomic mass is 79.9. The highest BCUT2D eigenvalue weighted by Gasteiger charge is 2.31. The Kier molecular flexibility index (Phi) is 4.14. The lowest BCUT2D eigenvalue weighted by Gasteiger charge is -2.14. The number of thiophene rings is 2. The topological polar surface area (TPSA) is 57.6 Å². The van der Waals surface area contributed by atoms with E-state index in [1.807, 2.05) is 24.3 Å². The number of nitrogens with zero attached hydrogens (tertiary/aromatic N) is 1. The Bertz CT molecular complexity index is 694. The summed E-state index contributed by atoms with van der Waals surface area (Å²) >= 11 is 6.51. The first kappa shape index (κ1) is 14.7. The van der Waals surface area contributed by atoms with Crippen LogP contribution in [0.4, 0.5) is 0 Å². The van der Waals surface area contributed by atoms with Crippen LogP contribution in [0.1, 0.15) is 16.1 Å². The second kappa shape index (κ2) is 5.90. The Labute approximate surface area is 138 Å². The van der Waals surface area contributed by atoms with Crippen LogP contribution in [0.3, 0.4) is 0 Å². The average Bonchev–Trinajstić information content (AvgIpc) is 3.17. The van der Waals surface area contributed by atoms with E-state index in [0.29, 0.717) is 24.4 Å². The smallest absolute Gasteiger partial charge is 0.308 e. The van der Waals surface area contributed by atoms with Gasteiger partial charge in [0.05, 0.1) is 14.6 Å². The van der Waals surface area contributed by atoms with Gasteiger partial charge in [-0.15, -0.1) is 22.7 Å². The number of rotatable bonds is 3. The minimum atomic E-state index is -0.819. The van der Waals surface area contributed by atoms with Crippen LogP contribution < -0.4 is 0 Å². The van der Waals surface area contributed by atoms with Crippen LogP contribution in [0.25, 0.3) is 9.75 Å². The van der Waals surface area contributed by atoms with Gasteiger partial charge >= 0.3 is 5.97 Å². The molecule has 1 atom stereocenters. The average molecular weight is 386 g/mol. The van der Waals surface area contributed by atoms with Gasteiger partial charge in [-0.05, 0) is 46.6 Å². The highest BCUT2D eigenvalue weighted by Crippen LogP contribution is 2.36. The molecule has 0 spiro atoms. The van der Waals surface area contributed by atoms with E-state index in [2.05, 4.69) is 15.9 Å². The van der Waals surface area contributed by atoms with Crippen LogP contribution >= 0.6 is 38.6 Å². The van der Waals surface area contributed by atoms with Crippen LogP contribution in [0.5, 0.6) is 0 Å². The molecule has 7 heteroatoms. The van der Waals surface area contributed by atoms with Gasteiger partial charge in [0.1, 0.15) is 0 Å². The lowest BCUT2D eigenvalue weighted by atomic mass is 10.1. The third-order valence-corrected chi connectivity index (χ3v) is 6.35. The number of carboxylic acids is 1. The molecule has 110 valence electrons. The summed E-state index contributed by atoms with van der Waals surface area (Å²) in [6.45, 7) is 0.833. The number of hydrogen-bond donors (Lipinski definition) is 1. The number of carbonyl (C=O) groups excluding carboxylic acids is 1. The molecule has 1 N–H and O–H groups in total. The fourth-order valence-electron chi connectivity index (χ4n) is 2.33. The van der Waals surface area contributed by atoms with Crippen molar-refractivity contribution >= 4 is 50.5 Å². The van der Waals surface area contributed by atoms with E-state index in [-0.39, 0.29) is 5.91 Å². The molecule has 1 saturated heterocycles.